The lowest BCUT2D eigenvalue weighted by atomic mass is 10.2. The predicted octanol–water partition coefficient (Wildman–Crippen LogP) is 4.14. The van der Waals surface area contributed by atoms with Crippen molar-refractivity contribution in [3.05, 3.63) is 71.8 Å². The minimum atomic E-state index is -4.10. The van der Waals surface area contributed by atoms with Crippen molar-refractivity contribution in [2.75, 3.05) is 13.2 Å². The number of hydrogen-bond donors (Lipinski definition) is 1. The number of carbonyl (C=O) groups excluding carboxylic acids is 2. The SMILES string of the molecule is CCOP(=O)(OCC)[C@](C)(NC(=O)c1ccccc1)C(=O)OCc1ccccc1. The molecule has 0 spiro atoms. The van der Waals surface area contributed by atoms with E-state index in [1.165, 1.54) is 6.92 Å². The van der Waals surface area contributed by atoms with Gasteiger partial charge >= 0.3 is 13.6 Å². The fourth-order valence-electron chi connectivity index (χ4n) is 2.61. The van der Waals surface area contributed by atoms with Gasteiger partial charge in [-0.25, -0.2) is 4.79 Å². The Morgan fingerprint density at radius 3 is 1.97 bits per heavy atom. The van der Waals surface area contributed by atoms with Crippen molar-refractivity contribution in [2.24, 2.45) is 0 Å². The molecule has 156 valence electrons. The molecule has 1 N–H and O–H groups in total. The van der Waals surface area contributed by atoms with Crippen LogP contribution in [0, 0.1) is 0 Å². The molecular formula is C21H26NO6P. The molecule has 0 aliphatic heterocycles. The third kappa shape index (κ3) is 5.54. The Balaban J connectivity index is 2.33. The van der Waals surface area contributed by atoms with Crippen LogP contribution in [0.25, 0.3) is 0 Å². The van der Waals surface area contributed by atoms with E-state index in [4.69, 9.17) is 13.8 Å². The molecule has 1 atom stereocenters. The van der Waals surface area contributed by atoms with Gasteiger partial charge in [0, 0.05) is 5.56 Å². The van der Waals surface area contributed by atoms with E-state index in [1.807, 2.05) is 18.2 Å². The zero-order chi connectivity index (χ0) is 21.3. The Labute approximate surface area is 170 Å². The summed E-state index contributed by atoms with van der Waals surface area (Å²) in [5.41, 5.74) is 1.05. The van der Waals surface area contributed by atoms with Crippen molar-refractivity contribution in [1.29, 1.82) is 0 Å². The minimum absolute atomic E-state index is 0.0278. The fourth-order valence-corrected chi connectivity index (χ4v) is 4.41. The normalized spacial score (nSPS) is 13.3. The number of ether oxygens (including phenoxy) is 1. The van der Waals surface area contributed by atoms with Crippen molar-refractivity contribution < 1.29 is 27.9 Å². The van der Waals surface area contributed by atoms with Gasteiger partial charge in [0.25, 0.3) is 5.91 Å². The van der Waals surface area contributed by atoms with Crippen LogP contribution in [-0.4, -0.2) is 30.4 Å². The smallest absolute Gasteiger partial charge is 0.367 e. The van der Waals surface area contributed by atoms with Crippen molar-refractivity contribution in [3.63, 3.8) is 0 Å². The Bertz CT molecular complexity index is 848. The molecule has 7 nitrogen and oxygen atoms in total. The van der Waals surface area contributed by atoms with E-state index in [9.17, 15) is 14.2 Å². The molecule has 1 amide bonds. The van der Waals surface area contributed by atoms with Crippen LogP contribution in [0.3, 0.4) is 0 Å². The first-order valence-corrected chi connectivity index (χ1v) is 10.9. The maximum atomic E-state index is 13.5. The Morgan fingerprint density at radius 2 is 1.45 bits per heavy atom. The largest absolute Gasteiger partial charge is 0.459 e. The molecule has 0 heterocycles. The second-order valence-corrected chi connectivity index (χ2v) is 8.69. The summed E-state index contributed by atoms with van der Waals surface area (Å²) in [6.45, 7) is 4.56. The molecule has 0 unspecified atom stereocenters. The van der Waals surface area contributed by atoms with Gasteiger partial charge in [0.1, 0.15) is 6.61 Å². The molecule has 0 aromatic heterocycles. The van der Waals surface area contributed by atoms with Gasteiger partial charge in [0.2, 0.25) is 5.28 Å². The van der Waals surface area contributed by atoms with E-state index in [2.05, 4.69) is 5.32 Å². The first-order chi connectivity index (χ1) is 13.9. The van der Waals surface area contributed by atoms with Gasteiger partial charge in [-0.15, -0.1) is 0 Å². The molecular weight excluding hydrogens is 393 g/mol. The van der Waals surface area contributed by atoms with Crippen LogP contribution in [0.15, 0.2) is 60.7 Å². The summed E-state index contributed by atoms with van der Waals surface area (Å²) >= 11 is 0. The summed E-state index contributed by atoms with van der Waals surface area (Å²) in [6.07, 6.45) is 0. The Hall–Kier alpha value is -2.47. The molecule has 0 bridgehead atoms. The topological polar surface area (TPSA) is 90.9 Å². The van der Waals surface area contributed by atoms with Crippen LogP contribution < -0.4 is 5.32 Å². The number of rotatable bonds is 10. The number of esters is 1. The molecule has 0 radical (unpaired) electrons. The van der Waals surface area contributed by atoms with Gasteiger partial charge < -0.3 is 19.1 Å². The van der Waals surface area contributed by atoms with E-state index < -0.39 is 24.8 Å². The summed E-state index contributed by atoms with van der Waals surface area (Å²) in [4.78, 5) is 25.8. The highest BCUT2D eigenvalue weighted by Gasteiger charge is 2.56. The molecule has 2 aromatic carbocycles. The van der Waals surface area contributed by atoms with Crippen LogP contribution in [-0.2, 0) is 29.8 Å². The minimum Gasteiger partial charge on any atom is -0.459 e. The molecule has 29 heavy (non-hydrogen) atoms. The van der Waals surface area contributed by atoms with E-state index in [1.54, 1.807) is 56.3 Å². The van der Waals surface area contributed by atoms with Crippen LogP contribution in [0.1, 0.15) is 36.7 Å². The number of benzene rings is 2. The zero-order valence-electron chi connectivity index (χ0n) is 16.8. The second-order valence-electron chi connectivity index (χ2n) is 6.29. The van der Waals surface area contributed by atoms with Crippen LogP contribution in [0.2, 0.25) is 0 Å². The fraction of sp³-hybridized carbons (Fsp3) is 0.333. The molecule has 0 saturated heterocycles. The summed E-state index contributed by atoms with van der Waals surface area (Å²) in [7, 11) is -4.10. The Kier molecular flexibility index (Phi) is 8.14. The lowest BCUT2D eigenvalue weighted by Gasteiger charge is -2.34. The third-order valence-electron chi connectivity index (χ3n) is 4.15. The van der Waals surface area contributed by atoms with Crippen molar-refractivity contribution in [1.82, 2.24) is 5.32 Å². The molecule has 0 fully saturated rings. The molecule has 0 saturated carbocycles. The Morgan fingerprint density at radius 1 is 0.931 bits per heavy atom. The van der Waals surface area contributed by atoms with Crippen LogP contribution in [0.5, 0.6) is 0 Å². The van der Waals surface area contributed by atoms with Crippen molar-refractivity contribution >= 4 is 19.5 Å². The lowest BCUT2D eigenvalue weighted by molar-refractivity contribution is -0.149. The summed E-state index contributed by atoms with van der Waals surface area (Å²) in [6, 6.07) is 17.3. The van der Waals surface area contributed by atoms with Crippen molar-refractivity contribution in [2.45, 2.75) is 32.7 Å². The van der Waals surface area contributed by atoms with E-state index >= 15 is 0 Å². The molecule has 0 aliphatic carbocycles. The highest BCUT2D eigenvalue weighted by Crippen LogP contribution is 2.59. The average molecular weight is 419 g/mol. The first kappa shape index (κ1) is 22.8. The maximum Gasteiger partial charge on any atom is 0.367 e. The molecule has 0 aliphatic rings. The monoisotopic (exact) mass is 419 g/mol. The van der Waals surface area contributed by atoms with E-state index in [0.29, 0.717) is 5.56 Å². The number of nitrogens with one attached hydrogen (secondary N) is 1. The molecule has 8 heteroatoms. The standard InChI is InChI=1S/C21H26NO6P/c1-4-27-29(25,28-5-2)21(3,22-19(23)18-14-10-7-11-15-18)20(24)26-16-17-12-8-6-9-13-17/h6-15H,4-5,16H2,1-3H3,(H,22,23)/t21-/m0/s1. The number of amides is 1. The summed E-state index contributed by atoms with van der Waals surface area (Å²) in [5.74, 6) is -1.50. The van der Waals surface area contributed by atoms with Gasteiger partial charge in [-0.3, -0.25) is 9.36 Å². The quantitative estimate of drug-likeness (QED) is 0.460. The van der Waals surface area contributed by atoms with Crippen LogP contribution in [0.4, 0.5) is 0 Å². The average Bonchev–Trinajstić information content (AvgIpc) is 2.73. The maximum absolute atomic E-state index is 13.5. The first-order valence-electron chi connectivity index (χ1n) is 9.34. The van der Waals surface area contributed by atoms with Gasteiger partial charge in [0.15, 0.2) is 0 Å². The number of hydrogen-bond acceptors (Lipinski definition) is 6. The van der Waals surface area contributed by atoms with Gasteiger partial charge in [-0.05, 0) is 38.5 Å². The van der Waals surface area contributed by atoms with E-state index in [0.717, 1.165) is 5.56 Å². The molecule has 2 aromatic rings. The lowest BCUT2D eigenvalue weighted by Crippen LogP contribution is -2.53. The van der Waals surface area contributed by atoms with Gasteiger partial charge in [-0.2, -0.15) is 0 Å². The van der Waals surface area contributed by atoms with Crippen molar-refractivity contribution in [3.8, 4) is 0 Å². The second kappa shape index (κ2) is 10.3. The predicted molar refractivity (Wildman–Crippen MR) is 109 cm³/mol. The van der Waals surface area contributed by atoms with Gasteiger partial charge in [-0.1, -0.05) is 48.5 Å². The summed E-state index contributed by atoms with van der Waals surface area (Å²) in [5, 5.41) is 0.502. The van der Waals surface area contributed by atoms with E-state index in [-0.39, 0.29) is 19.8 Å². The zero-order valence-corrected chi connectivity index (χ0v) is 17.7. The van der Waals surface area contributed by atoms with Gasteiger partial charge in [0.05, 0.1) is 13.2 Å². The third-order valence-corrected chi connectivity index (χ3v) is 6.74. The number of carbonyl (C=O) groups is 2. The molecule has 2 rings (SSSR count). The van der Waals surface area contributed by atoms with Crippen LogP contribution >= 0.6 is 7.60 Å². The highest BCUT2D eigenvalue weighted by molar-refractivity contribution is 7.56. The summed E-state index contributed by atoms with van der Waals surface area (Å²) < 4.78 is 29.6. The highest BCUT2D eigenvalue weighted by atomic mass is 31.2.